The van der Waals surface area contributed by atoms with Gasteiger partial charge < -0.3 is 10.6 Å². The average molecular weight is 325 g/mol. The molecule has 1 saturated heterocycles. The summed E-state index contributed by atoms with van der Waals surface area (Å²) in [5.41, 5.74) is 6.41. The third-order valence-electron chi connectivity index (χ3n) is 4.25. The monoisotopic (exact) mass is 325 g/mol. The number of nitrogens with two attached hydrogens (primary N) is 1. The van der Waals surface area contributed by atoms with Crippen LogP contribution in [0.4, 0.5) is 0 Å². The van der Waals surface area contributed by atoms with E-state index in [-0.39, 0.29) is 16.8 Å². The number of likely N-dealkylation sites (tertiary alicyclic amines) is 1. The summed E-state index contributed by atoms with van der Waals surface area (Å²) in [7, 11) is -2.11. The first-order chi connectivity index (χ1) is 10.3. The van der Waals surface area contributed by atoms with E-state index < -0.39 is 10.0 Å². The summed E-state index contributed by atoms with van der Waals surface area (Å²) in [5, 5.41) is 0. The Morgan fingerprint density at radius 2 is 1.82 bits per heavy atom. The summed E-state index contributed by atoms with van der Waals surface area (Å²) in [6.07, 6.45) is 1.82. The maximum Gasteiger partial charge on any atom is 0.253 e. The number of carbonyl (C=O) groups excluding carboxylic acids is 1. The number of sulfonamides is 1. The third-order valence-corrected chi connectivity index (χ3v) is 5.68. The molecule has 3 N–H and O–H groups in total. The largest absolute Gasteiger partial charge is 0.339 e. The van der Waals surface area contributed by atoms with Crippen LogP contribution in [0.2, 0.25) is 0 Å². The first-order valence-electron chi connectivity index (χ1n) is 7.43. The molecule has 1 aliphatic rings. The second kappa shape index (κ2) is 6.76. The summed E-state index contributed by atoms with van der Waals surface area (Å²) in [5.74, 6) is 0.406. The van der Waals surface area contributed by atoms with E-state index in [1.807, 2.05) is 6.92 Å². The minimum absolute atomic E-state index is 0.0588. The number of hydrogen-bond acceptors (Lipinski definition) is 4. The van der Waals surface area contributed by atoms with E-state index in [2.05, 4.69) is 4.72 Å². The second-order valence-corrected chi connectivity index (χ2v) is 7.61. The van der Waals surface area contributed by atoms with Gasteiger partial charge in [-0.05, 0) is 57.0 Å². The molecule has 0 aliphatic carbocycles. The van der Waals surface area contributed by atoms with Crippen LogP contribution in [0.3, 0.4) is 0 Å². The quantitative estimate of drug-likeness (QED) is 0.856. The molecular formula is C15H23N3O3S. The number of rotatable bonds is 4. The van der Waals surface area contributed by atoms with Crippen molar-refractivity contribution in [1.82, 2.24) is 9.62 Å². The highest BCUT2D eigenvalue weighted by Crippen LogP contribution is 2.21. The van der Waals surface area contributed by atoms with Crippen LogP contribution in [-0.2, 0) is 10.0 Å². The van der Waals surface area contributed by atoms with Gasteiger partial charge in [0.1, 0.15) is 0 Å². The Balaban J connectivity index is 2.05. The van der Waals surface area contributed by atoms with Crippen molar-refractivity contribution in [3.8, 4) is 0 Å². The summed E-state index contributed by atoms with van der Waals surface area (Å²) in [4.78, 5) is 14.4. The van der Waals surface area contributed by atoms with Crippen molar-refractivity contribution in [2.75, 3.05) is 20.1 Å². The minimum Gasteiger partial charge on any atom is -0.339 e. The van der Waals surface area contributed by atoms with Gasteiger partial charge in [0.25, 0.3) is 5.91 Å². The molecule has 0 spiro atoms. The van der Waals surface area contributed by atoms with Crippen LogP contribution in [-0.4, -0.2) is 45.4 Å². The molecule has 1 aliphatic heterocycles. The Morgan fingerprint density at radius 1 is 1.27 bits per heavy atom. The van der Waals surface area contributed by atoms with Crippen molar-refractivity contribution in [3.63, 3.8) is 0 Å². The number of piperidine rings is 1. The van der Waals surface area contributed by atoms with Gasteiger partial charge in [0.15, 0.2) is 0 Å². The van der Waals surface area contributed by atoms with E-state index in [0.29, 0.717) is 24.6 Å². The van der Waals surface area contributed by atoms with Gasteiger partial charge in [-0.25, -0.2) is 13.1 Å². The van der Waals surface area contributed by atoms with Crippen LogP contribution in [0.1, 0.15) is 30.1 Å². The Morgan fingerprint density at radius 3 is 2.27 bits per heavy atom. The molecule has 1 aromatic rings. The molecule has 122 valence electrons. The highest BCUT2D eigenvalue weighted by atomic mass is 32.2. The van der Waals surface area contributed by atoms with Gasteiger partial charge in [0.2, 0.25) is 10.0 Å². The topological polar surface area (TPSA) is 92.5 Å². The molecule has 0 bridgehead atoms. The van der Waals surface area contributed by atoms with E-state index in [1.165, 1.54) is 19.2 Å². The van der Waals surface area contributed by atoms with E-state index >= 15 is 0 Å². The van der Waals surface area contributed by atoms with Crippen molar-refractivity contribution in [2.45, 2.75) is 30.7 Å². The lowest BCUT2D eigenvalue weighted by Gasteiger charge is -2.33. The van der Waals surface area contributed by atoms with Crippen molar-refractivity contribution in [1.29, 1.82) is 0 Å². The lowest BCUT2D eigenvalue weighted by atomic mass is 9.90. The molecule has 0 radical (unpaired) electrons. The lowest BCUT2D eigenvalue weighted by molar-refractivity contribution is 0.0681. The average Bonchev–Trinajstić information content (AvgIpc) is 2.54. The van der Waals surface area contributed by atoms with Gasteiger partial charge in [0, 0.05) is 24.7 Å². The molecule has 1 heterocycles. The SMILES string of the molecule is CNS(=O)(=O)c1ccc(C(=O)N2CCC(C(C)N)CC2)cc1. The number of carbonyl (C=O) groups is 1. The molecule has 0 aromatic heterocycles. The molecule has 1 atom stereocenters. The summed E-state index contributed by atoms with van der Waals surface area (Å²) < 4.78 is 25.6. The zero-order valence-electron chi connectivity index (χ0n) is 13.0. The van der Waals surface area contributed by atoms with Crippen LogP contribution in [0.5, 0.6) is 0 Å². The van der Waals surface area contributed by atoms with Gasteiger partial charge in [-0.15, -0.1) is 0 Å². The molecule has 7 heteroatoms. The highest BCUT2D eigenvalue weighted by molar-refractivity contribution is 7.89. The van der Waals surface area contributed by atoms with Gasteiger partial charge in [-0.3, -0.25) is 4.79 Å². The molecule has 1 unspecified atom stereocenters. The van der Waals surface area contributed by atoms with Crippen LogP contribution in [0, 0.1) is 5.92 Å². The molecular weight excluding hydrogens is 302 g/mol. The Bertz CT molecular complexity index is 618. The van der Waals surface area contributed by atoms with Crippen molar-refractivity contribution in [2.24, 2.45) is 11.7 Å². The zero-order chi connectivity index (χ0) is 16.3. The van der Waals surface area contributed by atoms with E-state index in [4.69, 9.17) is 5.73 Å². The van der Waals surface area contributed by atoms with Crippen LogP contribution >= 0.6 is 0 Å². The van der Waals surface area contributed by atoms with E-state index in [1.54, 1.807) is 17.0 Å². The second-order valence-electron chi connectivity index (χ2n) is 5.72. The molecule has 0 saturated carbocycles. The molecule has 1 amide bonds. The molecule has 6 nitrogen and oxygen atoms in total. The first-order valence-corrected chi connectivity index (χ1v) is 8.92. The predicted molar refractivity (Wildman–Crippen MR) is 85.0 cm³/mol. The summed E-state index contributed by atoms with van der Waals surface area (Å²) >= 11 is 0. The highest BCUT2D eigenvalue weighted by Gasteiger charge is 2.25. The Labute approximate surface area is 131 Å². The molecule has 1 fully saturated rings. The Kier molecular flexibility index (Phi) is 5.20. The summed E-state index contributed by atoms with van der Waals surface area (Å²) in [6.45, 7) is 3.40. The number of nitrogens with one attached hydrogen (secondary N) is 1. The van der Waals surface area contributed by atoms with Gasteiger partial charge in [0.05, 0.1) is 4.90 Å². The molecule has 22 heavy (non-hydrogen) atoms. The number of amides is 1. The van der Waals surface area contributed by atoms with Crippen LogP contribution in [0.25, 0.3) is 0 Å². The zero-order valence-corrected chi connectivity index (χ0v) is 13.8. The summed E-state index contributed by atoms with van der Waals surface area (Å²) in [6, 6.07) is 6.18. The first kappa shape index (κ1) is 16.9. The number of benzene rings is 1. The normalized spacial score (nSPS) is 18.2. The fraction of sp³-hybridized carbons (Fsp3) is 0.533. The van der Waals surface area contributed by atoms with Gasteiger partial charge in [-0.1, -0.05) is 0 Å². The van der Waals surface area contributed by atoms with Gasteiger partial charge in [-0.2, -0.15) is 0 Å². The third kappa shape index (κ3) is 3.66. The standard InChI is InChI=1S/C15H23N3O3S/c1-11(16)12-7-9-18(10-8-12)15(19)13-3-5-14(6-4-13)22(20,21)17-2/h3-6,11-12,17H,7-10,16H2,1-2H3. The number of nitrogens with zero attached hydrogens (tertiary/aromatic N) is 1. The fourth-order valence-electron chi connectivity index (χ4n) is 2.71. The van der Waals surface area contributed by atoms with Crippen molar-refractivity contribution in [3.05, 3.63) is 29.8 Å². The maximum absolute atomic E-state index is 12.4. The van der Waals surface area contributed by atoms with Crippen molar-refractivity contribution >= 4 is 15.9 Å². The lowest BCUT2D eigenvalue weighted by Crippen LogP contribution is -2.42. The van der Waals surface area contributed by atoms with Gasteiger partial charge >= 0.3 is 0 Å². The van der Waals surface area contributed by atoms with E-state index in [9.17, 15) is 13.2 Å². The molecule has 1 aromatic carbocycles. The smallest absolute Gasteiger partial charge is 0.253 e. The predicted octanol–water partition coefficient (Wildman–Crippen LogP) is 0.794. The minimum atomic E-state index is -3.47. The molecule has 2 rings (SSSR count). The van der Waals surface area contributed by atoms with E-state index in [0.717, 1.165) is 12.8 Å². The van der Waals surface area contributed by atoms with Crippen molar-refractivity contribution < 1.29 is 13.2 Å². The number of hydrogen-bond donors (Lipinski definition) is 2. The Hall–Kier alpha value is -1.44. The maximum atomic E-state index is 12.4. The fourth-order valence-corrected chi connectivity index (χ4v) is 3.44. The van der Waals surface area contributed by atoms with Crippen LogP contribution in [0.15, 0.2) is 29.2 Å². The van der Waals surface area contributed by atoms with Crippen LogP contribution < -0.4 is 10.5 Å².